The van der Waals surface area contributed by atoms with Crippen LogP contribution in [0.15, 0.2) is 71.3 Å². The maximum Gasteiger partial charge on any atom is 0.265 e. The Morgan fingerprint density at radius 1 is 0.941 bits per heavy atom. The Bertz CT molecular complexity index is 1390. The molecule has 1 atom stereocenters. The maximum atomic E-state index is 13.6. The molecule has 1 fully saturated rings. The zero-order chi connectivity index (χ0) is 23.1. The topological polar surface area (TPSA) is 72.2 Å². The molecule has 34 heavy (non-hydrogen) atoms. The average molecular weight is 456 g/mol. The van der Waals surface area contributed by atoms with E-state index in [1.54, 1.807) is 22.1 Å². The van der Waals surface area contributed by atoms with Crippen LogP contribution < -0.4 is 9.64 Å². The van der Waals surface area contributed by atoms with Crippen molar-refractivity contribution in [2.45, 2.75) is 12.5 Å². The summed E-state index contributed by atoms with van der Waals surface area (Å²) in [4.78, 5) is 30.2. The minimum absolute atomic E-state index is 0.105. The van der Waals surface area contributed by atoms with Gasteiger partial charge in [0.15, 0.2) is 6.10 Å². The van der Waals surface area contributed by atoms with Crippen molar-refractivity contribution in [1.29, 1.82) is 0 Å². The molecule has 3 heterocycles. The number of amides is 2. The van der Waals surface area contributed by atoms with Gasteiger partial charge >= 0.3 is 0 Å². The summed E-state index contributed by atoms with van der Waals surface area (Å²) in [6.45, 7) is 2.26. The molecule has 2 amide bonds. The highest BCUT2D eigenvalue weighted by atomic mass is 16.5. The smallest absolute Gasteiger partial charge is 0.265 e. The highest BCUT2D eigenvalue weighted by molar-refractivity contribution is 6.09. The molecule has 2 aliphatic rings. The van der Waals surface area contributed by atoms with E-state index in [0.717, 1.165) is 27.3 Å². The first-order valence-corrected chi connectivity index (χ1v) is 11.5. The van der Waals surface area contributed by atoms with Gasteiger partial charge in [0.1, 0.15) is 11.3 Å². The van der Waals surface area contributed by atoms with Gasteiger partial charge in [-0.1, -0.05) is 42.5 Å². The third kappa shape index (κ3) is 3.58. The standard InChI is InChI=1S/C27H24N2O5/c30-25(15-19-17-33-23-10-9-18-5-1-2-6-20(18)26(19)23)29-16-24(27(31)28-11-13-32-14-12-28)34-22-8-4-3-7-21(22)29/h1-10,17,24H,11-16H2. The number of para-hydroxylation sites is 2. The van der Waals surface area contributed by atoms with E-state index in [0.29, 0.717) is 37.7 Å². The maximum absolute atomic E-state index is 13.6. The molecule has 7 nitrogen and oxygen atoms in total. The number of anilines is 1. The number of rotatable bonds is 3. The molecule has 6 rings (SSSR count). The van der Waals surface area contributed by atoms with Crippen LogP contribution in [0.5, 0.6) is 5.75 Å². The van der Waals surface area contributed by atoms with E-state index in [9.17, 15) is 9.59 Å². The number of hydrogen-bond donors (Lipinski definition) is 0. The van der Waals surface area contributed by atoms with Gasteiger partial charge in [0.05, 0.1) is 38.1 Å². The Balaban J connectivity index is 1.32. The first kappa shape index (κ1) is 20.7. The van der Waals surface area contributed by atoms with E-state index in [4.69, 9.17) is 13.9 Å². The van der Waals surface area contributed by atoms with E-state index >= 15 is 0 Å². The van der Waals surface area contributed by atoms with Gasteiger partial charge in [-0.15, -0.1) is 0 Å². The molecule has 0 N–H and O–H groups in total. The lowest BCUT2D eigenvalue weighted by molar-refractivity contribution is -0.142. The quantitative estimate of drug-likeness (QED) is 0.469. The van der Waals surface area contributed by atoms with Crippen LogP contribution in [0, 0.1) is 0 Å². The highest BCUT2D eigenvalue weighted by Crippen LogP contribution is 2.35. The molecule has 1 unspecified atom stereocenters. The second-order valence-corrected chi connectivity index (χ2v) is 8.61. The number of carbonyl (C=O) groups is 2. The first-order valence-electron chi connectivity index (χ1n) is 11.5. The van der Waals surface area contributed by atoms with Crippen LogP contribution >= 0.6 is 0 Å². The van der Waals surface area contributed by atoms with Crippen LogP contribution in [0.4, 0.5) is 5.69 Å². The summed E-state index contributed by atoms with van der Waals surface area (Å²) >= 11 is 0. The van der Waals surface area contributed by atoms with Crippen molar-refractivity contribution < 1.29 is 23.5 Å². The van der Waals surface area contributed by atoms with Crippen LogP contribution in [0.25, 0.3) is 21.7 Å². The lowest BCUT2D eigenvalue weighted by Crippen LogP contribution is -2.54. The van der Waals surface area contributed by atoms with Gasteiger partial charge in [-0.2, -0.15) is 0 Å². The Labute approximate surface area is 196 Å². The van der Waals surface area contributed by atoms with Crippen LogP contribution in [0.1, 0.15) is 5.56 Å². The summed E-state index contributed by atoms with van der Waals surface area (Å²) < 4.78 is 17.2. The van der Waals surface area contributed by atoms with E-state index in [1.807, 2.05) is 54.6 Å². The van der Waals surface area contributed by atoms with Crippen molar-refractivity contribution in [3.63, 3.8) is 0 Å². The van der Waals surface area contributed by atoms with E-state index in [2.05, 4.69) is 0 Å². The molecule has 0 bridgehead atoms. The van der Waals surface area contributed by atoms with Crippen molar-refractivity contribution in [3.8, 4) is 5.75 Å². The van der Waals surface area contributed by atoms with Gasteiger partial charge in [-0.25, -0.2) is 0 Å². The molecule has 0 radical (unpaired) electrons. The summed E-state index contributed by atoms with van der Waals surface area (Å²) in [5, 5.41) is 3.10. The second kappa shape index (κ2) is 8.50. The SMILES string of the molecule is O=C(C1CN(C(=O)Cc2coc3ccc4ccccc4c23)c2ccccc2O1)N1CCOCC1. The zero-order valence-corrected chi connectivity index (χ0v) is 18.6. The normalized spacial score (nSPS) is 18.1. The number of ether oxygens (including phenoxy) is 2. The number of morpholine rings is 1. The van der Waals surface area contributed by atoms with Crippen molar-refractivity contribution in [1.82, 2.24) is 4.90 Å². The van der Waals surface area contributed by atoms with Crippen LogP contribution in [0.2, 0.25) is 0 Å². The Morgan fingerprint density at radius 2 is 1.74 bits per heavy atom. The van der Waals surface area contributed by atoms with Gasteiger partial charge in [0, 0.05) is 24.0 Å². The lowest BCUT2D eigenvalue weighted by Gasteiger charge is -2.37. The molecule has 2 aliphatic heterocycles. The van der Waals surface area contributed by atoms with Gasteiger partial charge in [-0.3, -0.25) is 9.59 Å². The number of benzene rings is 3. The predicted molar refractivity (Wildman–Crippen MR) is 128 cm³/mol. The summed E-state index contributed by atoms with van der Waals surface area (Å²) in [6.07, 6.45) is 1.07. The van der Waals surface area contributed by atoms with E-state index < -0.39 is 6.10 Å². The first-order chi connectivity index (χ1) is 16.7. The molecular formula is C27H24N2O5. The summed E-state index contributed by atoms with van der Waals surface area (Å²) in [7, 11) is 0. The number of nitrogens with zero attached hydrogens (tertiary/aromatic N) is 2. The molecular weight excluding hydrogens is 432 g/mol. The Kier molecular flexibility index (Phi) is 5.19. The zero-order valence-electron chi connectivity index (χ0n) is 18.6. The number of carbonyl (C=O) groups excluding carboxylic acids is 2. The number of fused-ring (bicyclic) bond motifs is 4. The van der Waals surface area contributed by atoms with E-state index in [-0.39, 0.29) is 24.8 Å². The van der Waals surface area contributed by atoms with Crippen LogP contribution in [-0.2, 0) is 20.7 Å². The minimum atomic E-state index is -0.751. The molecule has 1 saturated heterocycles. The van der Waals surface area contributed by atoms with Gasteiger partial charge in [-0.05, 0) is 29.0 Å². The molecule has 1 aromatic heterocycles. The third-order valence-corrected chi connectivity index (χ3v) is 6.55. The van der Waals surface area contributed by atoms with Crippen molar-refractivity contribution in [3.05, 3.63) is 72.5 Å². The summed E-state index contributed by atoms with van der Waals surface area (Å²) in [5.41, 5.74) is 2.26. The fourth-order valence-corrected chi connectivity index (χ4v) is 4.85. The molecule has 172 valence electrons. The van der Waals surface area contributed by atoms with Crippen molar-refractivity contribution >= 4 is 39.2 Å². The van der Waals surface area contributed by atoms with Gasteiger partial charge in [0.2, 0.25) is 5.91 Å². The average Bonchev–Trinajstić information content (AvgIpc) is 3.31. The monoisotopic (exact) mass is 456 g/mol. The third-order valence-electron chi connectivity index (χ3n) is 6.55. The van der Waals surface area contributed by atoms with Crippen molar-refractivity contribution in [2.24, 2.45) is 0 Å². The van der Waals surface area contributed by atoms with E-state index in [1.165, 1.54) is 0 Å². The molecule has 3 aromatic carbocycles. The lowest BCUT2D eigenvalue weighted by atomic mass is 10.0. The fourth-order valence-electron chi connectivity index (χ4n) is 4.85. The largest absolute Gasteiger partial charge is 0.476 e. The predicted octanol–water partition coefficient (Wildman–Crippen LogP) is 3.78. The Hall–Kier alpha value is -3.84. The molecule has 7 heteroatoms. The van der Waals surface area contributed by atoms with Gasteiger partial charge < -0.3 is 23.7 Å². The molecule has 0 aliphatic carbocycles. The minimum Gasteiger partial charge on any atom is -0.476 e. The van der Waals surface area contributed by atoms with Gasteiger partial charge in [0.25, 0.3) is 5.91 Å². The van der Waals surface area contributed by atoms with Crippen molar-refractivity contribution in [2.75, 3.05) is 37.7 Å². The van der Waals surface area contributed by atoms with Crippen LogP contribution in [0.3, 0.4) is 0 Å². The number of furan rings is 1. The molecule has 4 aromatic rings. The second-order valence-electron chi connectivity index (χ2n) is 8.61. The fraction of sp³-hybridized carbons (Fsp3) is 0.259. The highest BCUT2D eigenvalue weighted by Gasteiger charge is 2.36. The summed E-state index contributed by atoms with van der Waals surface area (Å²) in [6, 6.07) is 19.4. The number of hydrogen-bond acceptors (Lipinski definition) is 5. The Morgan fingerprint density at radius 3 is 2.62 bits per heavy atom. The molecule has 0 spiro atoms. The van der Waals surface area contributed by atoms with Crippen LogP contribution in [-0.4, -0.2) is 55.7 Å². The summed E-state index contributed by atoms with van der Waals surface area (Å²) in [5.74, 6) is 0.317. The molecule has 0 saturated carbocycles.